The molecule has 1 heterocycles. The third-order valence-corrected chi connectivity index (χ3v) is 5.76. The van der Waals surface area contributed by atoms with Gasteiger partial charge in [-0.05, 0) is 42.0 Å². The number of amides is 1. The molecular formula is C23H28N2O3. The van der Waals surface area contributed by atoms with Crippen molar-refractivity contribution < 1.29 is 14.3 Å². The van der Waals surface area contributed by atoms with Gasteiger partial charge in [0.2, 0.25) is 0 Å². The molecule has 1 aliphatic heterocycles. The first-order chi connectivity index (χ1) is 13.7. The molecule has 1 atom stereocenters. The van der Waals surface area contributed by atoms with E-state index in [4.69, 9.17) is 9.47 Å². The van der Waals surface area contributed by atoms with Crippen molar-refractivity contribution in [2.24, 2.45) is 0 Å². The number of rotatable bonds is 4. The number of hydrogen-bond donors (Lipinski definition) is 0. The summed E-state index contributed by atoms with van der Waals surface area (Å²) in [7, 11) is 1.86. The highest BCUT2D eigenvalue weighted by Crippen LogP contribution is 2.38. The van der Waals surface area contributed by atoms with Crippen LogP contribution < -0.4 is 4.90 Å². The molecule has 0 N–H and O–H groups in total. The Hall–Kier alpha value is -2.53. The summed E-state index contributed by atoms with van der Waals surface area (Å²) in [6, 6.07) is 16.4. The summed E-state index contributed by atoms with van der Waals surface area (Å²) >= 11 is 0. The van der Waals surface area contributed by atoms with Gasteiger partial charge in [0.25, 0.3) is 0 Å². The van der Waals surface area contributed by atoms with Gasteiger partial charge in [0.05, 0.1) is 19.3 Å². The molecule has 1 unspecified atom stereocenters. The van der Waals surface area contributed by atoms with E-state index in [2.05, 4.69) is 23.1 Å². The van der Waals surface area contributed by atoms with Crippen LogP contribution in [-0.2, 0) is 22.5 Å². The fourth-order valence-electron chi connectivity index (χ4n) is 4.26. The summed E-state index contributed by atoms with van der Waals surface area (Å²) in [5, 5.41) is 0. The Balaban J connectivity index is 1.49. The second kappa shape index (κ2) is 8.65. The Labute approximate surface area is 166 Å². The molecule has 148 valence electrons. The number of fused-ring (bicyclic) bond motifs is 1. The largest absolute Gasteiger partial charge is 0.445 e. The van der Waals surface area contributed by atoms with Crippen LogP contribution in [0.5, 0.6) is 0 Å². The van der Waals surface area contributed by atoms with Gasteiger partial charge in [-0.25, -0.2) is 4.79 Å². The summed E-state index contributed by atoms with van der Waals surface area (Å²) in [5.74, 6) is 0. The van der Waals surface area contributed by atoms with E-state index in [9.17, 15) is 4.79 Å². The van der Waals surface area contributed by atoms with E-state index in [1.165, 1.54) is 16.8 Å². The summed E-state index contributed by atoms with van der Waals surface area (Å²) in [5.41, 5.74) is 4.94. The van der Waals surface area contributed by atoms with Crippen LogP contribution in [0.3, 0.4) is 0 Å². The van der Waals surface area contributed by atoms with E-state index in [1.807, 2.05) is 37.4 Å². The molecule has 2 aromatic rings. The zero-order chi connectivity index (χ0) is 19.3. The van der Waals surface area contributed by atoms with Crippen LogP contribution in [0.25, 0.3) is 0 Å². The summed E-state index contributed by atoms with van der Waals surface area (Å²) in [6.45, 7) is 3.71. The van der Waals surface area contributed by atoms with Crippen molar-refractivity contribution in [1.82, 2.24) is 4.90 Å². The number of anilines is 1. The van der Waals surface area contributed by atoms with Crippen LogP contribution in [0.1, 0.15) is 35.6 Å². The van der Waals surface area contributed by atoms with Crippen LogP contribution >= 0.6 is 0 Å². The molecule has 0 spiro atoms. The molecule has 4 rings (SSSR count). The van der Waals surface area contributed by atoms with Gasteiger partial charge >= 0.3 is 6.09 Å². The predicted molar refractivity (Wildman–Crippen MR) is 110 cm³/mol. The number of carbonyl (C=O) groups excluding carboxylic acids is 1. The lowest BCUT2D eigenvalue weighted by molar-refractivity contribution is 0.0876. The number of carbonyl (C=O) groups is 1. The first-order valence-electron chi connectivity index (χ1n) is 10.1. The molecule has 2 aliphatic rings. The van der Waals surface area contributed by atoms with Gasteiger partial charge in [-0.15, -0.1) is 0 Å². The highest BCUT2D eigenvalue weighted by atomic mass is 16.6. The van der Waals surface area contributed by atoms with Crippen LogP contribution in [0.15, 0.2) is 48.5 Å². The summed E-state index contributed by atoms with van der Waals surface area (Å²) < 4.78 is 11.1. The second-order valence-electron chi connectivity index (χ2n) is 7.50. The molecule has 0 radical (unpaired) electrons. The molecule has 0 aromatic heterocycles. The summed E-state index contributed by atoms with van der Waals surface area (Å²) in [6.07, 6.45) is 2.84. The molecule has 5 heteroatoms. The maximum absolute atomic E-state index is 12.7. The van der Waals surface area contributed by atoms with Gasteiger partial charge < -0.3 is 19.3 Å². The lowest BCUT2D eigenvalue weighted by Crippen LogP contribution is -2.38. The molecule has 5 nitrogen and oxygen atoms in total. The molecule has 1 aliphatic carbocycles. The Morgan fingerprint density at radius 3 is 2.71 bits per heavy atom. The van der Waals surface area contributed by atoms with Gasteiger partial charge in [-0.2, -0.15) is 0 Å². The maximum atomic E-state index is 12.7. The average Bonchev–Trinajstić information content (AvgIpc) is 2.77. The average molecular weight is 380 g/mol. The number of morpholine rings is 1. The van der Waals surface area contributed by atoms with Gasteiger partial charge in [0.15, 0.2) is 0 Å². The minimum absolute atomic E-state index is 0.0630. The molecule has 1 fully saturated rings. The summed E-state index contributed by atoms with van der Waals surface area (Å²) in [4.78, 5) is 16.9. The lowest BCUT2D eigenvalue weighted by Gasteiger charge is -2.37. The van der Waals surface area contributed by atoms with Gasteiger partial charge in [-0.1, -0.05) is 42.5 Å². The van der Waals surface area contributed by atoms with Gasteiger partial charge in [0.1, 0.15) is 6.61 Å². The first-order valence-corrected chi connectivity index (χ1v) is 10.1. The van der Waals surface area contributed by atoms with Crippen molar-refractivity contribution >= 4 is 11.8 Å². The van der Waals surface area contributed by atoms with Crippen molar-refractivity contribution in [1.29, 1.82) is 0 Å². The van der Waals surface area contributed by atoms with E-state index in [1.54, 1.807) is 4.90 Å². The normalized spacial score (nSPS) is 19.0. The van der Waals surface area contributed by atoms with Crippen LogP contribution in [-0.4, -0.2) is 44.3 Å². The predicted octanol–water partition coefficient (Wildman–Crippen LogP) is 4.17. The van der Waals surface area contributed by atoms with Crippen LogP contribution in [0, 0.1) is 0 Å². The van der Waals surface area contributed by atoms with E-state index >= 15 is 0 Å². The molecular weight excluding hydrogens is 352 g/mol. The highest BCUT2D eigenvalue weighted by Gasteiger charge is 2.30. The van der Waals surface area contributed by atoms with E-state index in [-0.39, 0.29) is 12.1 Å². The van der Waals surface area contributed by atoms with E-state index in [0.29, 0.717) is 6.61 Å². The zero-order valence-corrected chi connectivity index (χ0v) is 16.5. The number of nitrogens with zero attached hydrogens (tertiary/aromatic N) is 2. The van der Waals surface area contributed by atoms with Crippen LogP contribution in [0.4, 0.5) is 10.5 Å². The molecule has 2 aromatic carbocycles. The smallest absolute Gasteiger partial charge is 0.410 e. The van der Waals surface area contributed by atoms with Gasteiger partial charge in [-0.3, -0.25) is 0 Å². The number of hydrogen-bond acceptors (Lipinski definition) is 4. The maximum Gasteiger partial charge on any atom is 0.410 e. The highest BCUT2D eigenvalue weighted by molar-refractivity contribution is 5.69. The topological polar surface area (TPSA) is 42.0 Å². The van der Waals surface area contributed by atoms with Gasteiger partial charge in [0, 0.05) is 25.8 Å². The second-order valence-corrected chi connectivity index (χ2v) is 7.50. The fourth-order valence-corrected chi connectivity index (χ4v) is 4.26. The number of benzene rings is 2. The third kappa shape index (κ3) is 3.99. The molecule has 28 heavy (non-hydrogen) atoms. The van der Waals surface area contributed by atoms with E-state index < -0.39 is 0 Å². The Kier molecular flexibility index (Phi) is 5.81. The molecule has 0 bridgehead atoms. The number of ether oxygens (including phenoxy) is 2. The standard InChI is InChI=1S/C23H28N2O3/c1-24(23(26)28-17-18-7-3-2-4-8-18)21-11-5-10-20-19(21)9-6-12-22(20)25-13-15-27-16-14-25/h2-4,6-9,12,21H,5,10-11,13-17H2,1H3. The minimum Gasteiger partial charge on any atom is -0.445 e. The van der Waals surface area contributed by atoms with Crippen molar-refractivity contribution in [3.63, 3.8) is 0 Å². The molecule has 0 saturated carbocycles. The van der Waals surface area contributed by atoms with Crippen molar-refractivity contribution in [3.8, 4) is 0 Å². The van der Waals surface area contributed by atoms with E-state index in [0.717, 1.165) is 51.1 Å². The van der Waals surface area contributed by atoms with Crippen molar-refractivity contribution in [3.05, 3.63) is 65.2 Å². The SMILES string of the molecule is CN(C(=O)OCc1ccccc1)C1CCCc2c1cccc2N1CCOCC1. The zero-order valence-electron chi connectivity index (χ0n) is 16.5. The Morgan fingerprint density at radius 2 is 1.93 bits per heavy atom. The van der Waals surface area contributed by atoms with Crippen molar-refractivity contribution in [2.45, 2.75) is 31.9 Å². The fraction of sp³-hybridized carbons (Fsp3) is 0.435. The van der Waals surface area contributed by atoms with Crippen LogP contribution in [0.2, 0.25) is 0 Å². The monoisotopic (exact) mass is 380 g/mol. The quantitative estimate of drug-likeness (QED) is 0.798. The first kappa shape index (κ1) is 18.8. The third-order valence-electron chi connectivity index (χ3n) is 5.76. The Morgan fingerprint density at radius 1 is 1.14 bits per heavy atom. The molecule has 1 amide bonds. The minimum atomic E-state index is -0.265. The lowest BCUT2D eigenvalue weighted by atomic mass is 9.85. The van der Waals surface area contributed by atoms with Crippen molar-refractivity contribution in [2.75, 3.05) is 38.3 Å². The molecule has 1 saturated heterocycles. The Bertz CT molecular complexity index is 803.